The van der Waals surface area contributed by atoms with E-state index < -0.39 is 15.8 Å². The molecule has 0 saturated heterocycles. The molecule has 4 rings (SSSR count). The molecule has 0 aliphatic rings. The van der Waals surface area contributed by atoms with Crippen molar-refractivity contribution in [3.63, 3.8) is 0 Å². The Morgan fingerprint density at radius 1 is 1.14 bits per heavy atom. The molecule has 0 saturated carbocycles. The SMILES string of the molecule is Cc1nn(C)c(C)c1-c1cc(NS(C)(=O)=O)cc(-c2ccnc3nc[nH]c23)c1F. The van der Waals surface area contributed by atoms with Crippen molar-refractivity contribution >= 4 is 26.9 Å². The van der Waals surface area contributed by atoms with Crippen molar-refractivity contribution < 1.29 is 12.8 Å². The zero-order valence-corrected chi connectivity index (χ0v) is 17.1. The average molecular weight is 414 g/mol. The smallest absolute Gasteiger partial charge is 0.229 e. The number of aromatic amines is 1. The van der Waals surface area contributed by atoms with Gasteiger partial charge in [-0.05, 0) is 32.0 Å². The van der Waals surface area contributed by atoms with Crippen LogP contribution in [0.2, 0.25) is 0 Å². The third kappa shape index (κ3) is 3.35. The van der Waals surface area contributed by atoms with Gasteiger partial charge < -0.3 is 4.98 Å². The Kier molecular flexibility index (Phi) is 4.38. The van der Waals surface area contributed by atoms with E-state index in [1.54, 1.807) is 24.7 Å². The van der Waals surface area contributed by atoms with Crippen LogP contribution in [0.5, 0.6) is 0 Å². The number of anilines is 1. The molecular formula is C19H19FN6O2S. The number of sulfonamides is 1. The first kappa shape index (κ1) is 19.1. The first-order chi connectivity index (χ1) is 13.7. The Balaban J connectivity index is 2.06. The van der Waals surface area contributed by atoms with Gasteiger partial charge in [0.1, 0.15) is 5.82 Å². The molecule has 0 fully saturated rings. The van der Waals surface area contributed by atoms with Gasteiger partial charge in [0.15, 0.2) is 5.65 Å². The van der Waals surface area contributed by atoms with Crippen LogP contribution in [0.15, 0.2) is 30.7 Å². The van der Waals surface area contributed by atoms with E-state index in [9.17, 15) is 8.42 Å². The average Bonchev–Trinajstić information content (AvgIpc) is 3.20. The maximum atomic E-state index is 15.8. The number of fused-ring (bicyclic) bond motifs is 1. The second kappa shape index (κ2) is 6.66. The highest BCUT2D eigenvalue weighted by molar-refractivity contribution is 7.92. The summed E-state index contributed by atoms with van der Waals surface area (Å²) in [6.45, 7) is 3.63. The third-order valence-corrected chi connectivity index (χ3v) is 5.38. The van der Waals surface area contributed by atoms with Crippen LogP contribution in [0.3, 0.4) is 0 Å². The van der Waals surface area contributed by atoms with E-state index in [1.165, 1.54) is 24.7 Å². The molecule has 0 radical (unpaired) electrons. The molecule has 3 heterocycles. The summed E-state index contributed by atoms with van der Waals surface area (Å²) in [5.74, 6) is -0.481. The Labute approximate surface area is 166 Å². The highest BCUT2D eigenvalue weighted by Gasteiger charge is 2.22. The van der Waals surface area contributed by atoms with Crippen LogP contribution in [0.25, 0.3) is 33.4 Å². The number of aryl methyl sites for hydroxylation is 2. The summed E-state index contributed by atoms with van der Waals surface area (Å²) < 4.78 is 43.6. The van der Waals surface area contributed by atoms with Gasteiger partial charge in [0.2, 0.25) is 10.0 Å². The quantitative estimate of drug-likeness (QED) is 0.534. The zero-order valence-electron chi connectivity index (χ0n) is 16.3. The maximum Gasteiger partial charge on any atom is 0.229 e. The van der Waals surface area contributed by atoms with Crippen molar-refractivity contribution in [1.82, 2.24) is 24.7 Å². The number of H-pyrrole nitrogens is 1. The van der Waals surface area contributed by atoms with Crippen LogP contribution < -0.4 is 4.72 Å². The number of halogens is 1. The van der Waals surface area contributed by atoms with Crippen LogP contribution in [0.1, 0.15) is 11.4 Å². The predicted molar refractivity (Wildman–Crippen MR) is 109 cm³/mol. The van der Waals surface area contributed by atoms with Gasteiger partial charge >= 0.3 is 0 Å². The van der Waals surface area contributed by atoms with E-state index in [-0.39, 0.29) is 16.8 Å². The highest BCUT2D eigenvalue weighted by atomic mass is 32.2. The van der Waals surface area contributed by atoms with Gasteiger partial charge in [0, 0.05) is 46.9 Å². The number of aromatic nitrogens is 5. The monoisotopic (exact) mass is 414 g/mol. The minimum absolute atomic E-state index is 0.230. The zero-order chi connectivity index (χ0) is 20.9. The van der Waals surface area contributed by atoms with Crippen LogP contribution in [-0.4, -0.2) is 39.4 Å². The van der Waals surface area contributed by atoms with Gasteiger partial charge in [-0.2, -0.15) is 5.10 Å². The third-order valence-electron chi connectivity index (χ3n) is 4.77. The number of nitrogens with zero attached hydrogens (tertiary/aromatic N) is 4. The van der Waals surface area contributed by atoms with Crippen LogP contribution in [-0.2, 0) is 17.1 Å². The minimum Gasteiger partial charge on any atom is -0.343 e. The minimum atomic E-state index is -3.56. The lowest BCUT2D eigenvalue weighted by Gasteiger charge is -2.14. The number of hydrogen-bond donors (Lipinski definition) is 2. The molecule has 29 heavy (non-hydrogen) atoms. The van der Waals surface area contributed by atoms with Gasteiger partial charge in [-0.1, -0.05) is 0 Å². The molecular weight excluding hydrogens is 395 g/mol. The van der Waals surface area contributed by atoms with E-state index in [2.05, 4.69) is 24.8 Å². The lowest BCUT2D eigenvalue weighted by Crippen LogP contribution is -2.10. The molecule has 150 valence electrons. The van der Waals surface area contributed by atoms with E-state index in [0.29, 0.717) is 28.0 Å². The van der Waals surface area contributed by atoms with E-state index in [1.807, 2.05) is 6.92 Å². The summed E-state index contributed by atoms with van der Waals surface area (Å²) in [6.07, 6.45) is 4.07. The molecule has 3 aromatic heterocycles. The van der Waals surface area contributed by atoms with E-state index in [0.717, 1.165) is 11.9 Å². The summed E-state index contributed by atoms with van der Waals surface area (Å²) in [4.78, 5) is 11.2. The number of hydrogen-bond acceptors (Lipinski definition) is 5. The van der Waals surface area contributed by atoms with E-state index >= 15 is 4.39 Å². The molecule has 8 nitrogen and oxygen atoms in total. The first-order valence-electron chi connectivity index (χ1n) is 8.76. The molecule has 2 N–H and O–H groups in total. The Morgan fingerprint density at radius 3 is 2.52 bits per heavy atom. The lowest BCUT2D eigenvalue weighted by atomic mass is 9.96. The fourth-order valence-electron chi connectivity index (χ4n) is 3.51. The largest absolute Gasteiger partial charge is 0.343 e. The second-order valence-corrected chi connectivity index (χ2v) is 8.64. The molecule has 4 aromatic rings. The molecule has 0 spiro atoms. The molecule has 0 aliphatic carbocycles. The number of nitrogens with one attached hydrogen (secondary N) is 2. The topological polar surface area (TPSA) is 106 Å². The Morgan fingerprint density at radius 2 is 1.86 bits per heavy atom. The first-order valence-corrected chi connectivity index (χ1v) is 10.6. The van der Waals surface area contributed by atoms with Crippen LogP contribution in [0.4, 0.5) is 10.1 Å². The highest BCUT2D eigenvalue weighted by Crippen LogP contribution is 2.38. The fraction of sp³-hybridized carbons (Fsp3) is 0.211. The van der Waals surface area contributed by atoms with Crippen molar-refractivity contribution in [2.45, 2.75) is 13.8 Å². The number of imidazole rings is 1. The van der Waals surface area contributed by atoms with E-state index in [4.69, 9.17) is 0 Å². The molecule has 0 bridgehead atoms. The Hall–Kier alpha value is -3.27. The second-order valence-electron chi connectivity index (χ2n) is 6.89. The van der Waals surface area contributed by atoms with Crippen molar-refractivity contribution in [3.8, 4) is 22.3 Å². The predicted octanol–water partition coefficient (Wildman–Crippen LogP) is 3.15. The molecule has 0 amide bonds. The van der Waals surface area contributed by atoms with Gasteiger partial charge in [-0.3, -0.25) is 9.40 Å². The molecule has 0 aliphatic heterocycles. The van der Waals surface area contributed by atoms with Crippen molar-refractivity contribution in [3.05, 3.63) is 47.9 Å². The number of rotatable bonds is 4. The van der Waals surface area contributed by atoms with Gasteiger partial charge in [-0.25, -0.2) is 22.8 Å². The van der Waals surface area contributed by atoms with Gasteiger partial charge in [-0.15, -0.1) is 0 Å². The molecule has 1 aromatic carbocycles. The normalized spacial score (nSPS) is 11.9. The van der Waals surface area contributed by atoms with Gasteiger partial charge in [0.25, 0.3) is 0 Å². The summed E-state index contributed by atoms with van der Waals surface area (Å²) >= 11 is 0. The standard InChI is InChI=1S/C19H19FN6O2S/c1-10-16(11(2)26(3)24-10)15-8-12(25-29(4,27)28)7-14(17(15)20)13-5-6-21-19-18(13)22-9-23-19/h5-9,25H,1-4H3,(H,21,22,23). The summed E-state index contributed by atoms with van der Waals surface area (Å²) in [5.41, 5.74) is 4.33. The lowest BCUT2D eigenvalue weighted by molar-refractivity contribution is 0.606. The molecule has 0 atom stereocenters. The summed E-state index contributed by atoms with van der Waals surface area (Å²) in [5, 5.41) is 4.36. The molecule has 10 heteroatoms. The number of benzene rings is 1. The van der Waals surface area contributed by atoms with Crippen molar-refractivity contribution in [1.29, 1.82) is 0 Å². The Bertz CT molecular complexity index is 1360. The summed E-state index contributed by atoms with van der Waals surface area (Å²) in [7, 11) is -1.78. The summed E-state index contributed by atoms with van der Waals surface area (Å²) in [6, 6.07) is 4.62. The van der Waals surface area contributed by atoms with Crippen LogP contribution >= 0.6 is 0 Å². The van der Waals surface area contributed by atoms with Crippen LogP contribution in [0, 0.1) is 19.7 Å². The number of pyridine rings is 1. The van der Waals surface area contributed by atoms with Crippen molar-refractivity contribution in [2.24, 2.45) is 7.05 Å². The maximum absolute atomic E-state index is 15.8. The molecule has 0 unspecified atom stereocenters. The fourth-order valence-corrected chi connectivity index (χ4v) is 4.06. The van der Waals surface area contributed by atoms with Gasteiger partial charge in [0.05, 0.1) is 23.8 Å². The van der Waals surface area contributed by atoms with Crippen molar-refractivity contribution in [2.75, 3.05) is 11.0 Å².